The molecule has 0 spiro atoms. The maximum atomic E-state index is 4.60. The number of aromatic nitrogens is 1. The Kier molecular flexibility index (Phi) is 11.5. The van der Waals surface area contributed by atoms with E-state index < -0.39 is 0 Å². The minimum absolute atomic E-state index is 0. The monoisotopic (exact) mass is 521 g/mol. The molecule has 0 aliphatic carbocycles. The van der Waals surface area contributed by atoms with Crippen LogP contribution >= 0.6 is 0 Å². The summed E-state index contributed by atoms with van der Waals surface area (Å²) in [5.74, 6) is 0. The largest absolute Gasteiger partial charge is 2.00 e. The Hall–Kier alpha value is -2.57. The van der Waals surface area contributed by atoms with Gasteiger partial charge in [-0.2, -0.15) is 37.0 Å². The van der Waals surface area contributed by atoms with Crippen molar-refractivity contribution in [3.05, 3.63) is 123 Å². The van der Waals surface area contributed by atoms with Gasteiger partial charge in [0.05, 0.1) is 0 Å². The van der Waals surface area contributed by atoms with E-state index in [4.69, 9.17) is 0 Å². The summed E-state index contributed by atoms with van der Waals surface area (Å²) in [6.07, 6.45) is 14.7. The van der Waals surface area contributed by atoms with Gasteiger partial charge in [0, 0.05) is 17.8 Å². The molecule has 0 aliphatic rings. The van der Waals surface area contributed by atoms with Gasteiger partial charge in [0.15, 0.2) is 0 Å². The maximum Gasteiger partial charge on any atom is 2.00 e. The van der Waals surface area contributed by atoms with Gasteiger partial charge >= 0.3 is 21.1 Å². The van der Waals surface area contributed by atoms with Crippen LogP contribution < -0.4 is 0 Å². The number of nitrogens with zero attached hydrogens (tertiary/aromatic N) is 2. The number of allylic oxidation sites excluding steroid dienone is 10. The molecule has 0 radical (unpaired) electrons. The number of pyridine rings is 1. The maximum absolute atomic E-state index is 4.60. The summed E-state index contributed by atoms with van der Waals surface area (Å²) in [4.78, 5) is 9.10. The van der Waals surface area contributed by atoms with E-state index in [1.54, 1.807) is 30.4 Å². The number of hydrogen-bond acceptors (Lipinski definition) is 2. The predicted molar refractivity (Wildman–Crippen MR) is 109 cm³/mol. The van der Waals surface area contributed by atoms with E-state index in [0.717, 1.165) is 17.0 Å². The quantitative estimate of drug-likeness (QED) is 0.229. The van der Waals surface area contributed by atoms with Crippen LogP contribution in [0.5, 0.6) is 0 Å². The van der Waals surface area contributed by atoms with Gasteiger partial charge < -0.3 is 9.98 Å². The van der Waals surface area contributed by atoms with Gasteiger partial charge in [0.25, 0.3) is 0 Å². The normalized spacial score (nSPS) is 11.8. The minimum atomic E-state index is 0. The van der Waals surface area contributed by atoms with Crippen LogP contribution in [0, 0.1) is 12.2 Å². The summed E-state index contributed by atoms with van der Waals surface area (Å²) in [6.45, 7) is 22.6. The first kappa shape index (κ1) is 23.4. The van der Waals surface area contributed by atoms with Crippen LogP contribution in [0.4, 0.5) is 0 Å². The van der Waals surface area contributed by atoms with Crippen LogP contribution in [0.3, 0.4) is 0 Å². The molecule has 0 unspecified atom stereocenters. The van der Waals surface area contributed by atoms with Crippen molar-refractivity contribution < 1.29 is 21.1 Å². The zero-order chi connectivity index (χ0) is 18.7. The standard InChI is InChI=1S/C23H22N2.Pt/c1-7-13-19(9-3)22(11-5)24-18(6)17-21-15-12-16-23(25-21)20(10-4)14-8-2;/h7-8,10-13,15-16H,1-6,17H2;/q-2;+2/b19-13+,24-22?;. The van der Waals surface area contributed by atoms with E-state index in [0.29, 0.717) is 23.4 Å². The van der Waals surface area contributed by atoms with E-state index >= 15 is 0 Å². The van der Waals surface area contributed by atoms with Gasteiger partial charge in [-0.15, -0.1) is 43.5 Å². The Morgan fingerprint density at radius 2 is 1.88 bits per heavy atom. The van der Waals surface area contributed by atoms with Crippen molar-refractivity contribution in [1.82, 2.24) is 4.98 Å². The molecule has 1 heterocycles. The summed E-state index contributed by atoms with van der Waals surface area (Å²) in [5, 5.41) is 0. The fourth-order valence-corrected chi connectivity index (χ4v) is 2.06. The molecule has 1 aromatic rings. The van der Waals surface area contributed by atoms with E-state index in [-0.39, 0.29) is 21.1 Å². The van der Waals surface area contributed by atoms with E-state index in [2.05, 4.69) is 61.6 Å². The zero-order valence-corrected chi connectivity index (χ0v) is 17.1. The number of rotatable bonds is 10. The van der Waals surface area contributed by atoms with Gasteiger partial charge in [-0.05, 0) is 17.5 Å². The van der Waals surface area contributed by atoms with Crippen molar-refractivity contribution in [3.8, 4) is 0 Å². The third-order valence-electron chi connectivity index (χ3n) is 3.15. The van der Waals surface area contributed by atoms with Crippen LogP contribution in [0.2, 0.25) is 0 Å². The molecule has 134 valence electrons. The van der Waals surface area contributed by atoms with Crippen LogP contribution in [-0.4, -0.2) is 10.7 Å². The fourth-order valence-electron chi connectivity index (χ4n) is 2.06. The molecular weight excluding hydrogens is 499 g/mol. The van der Waals surface area contributed by atoms with Crippen molar-refractivity contribution in [3.63, 3.8) is 0 Å². The van der Waals surface area contributed by atoms with Gasteiger partial charge in [-0.1, -0.05) is 24.8 Å². The molecule has 0 aliphatic heterocycles. The molecule has 1 rings (SSSR count). The first-order valence-electron chi connectivity index (χ1n) is 7.67. The van der Waals surface area contributed by atoms with Crippen molar-refractivity contribution in [2.75, 3.05) is 0 Å². The molecule has 0 N–H and O–H groups in total. The SMILES string of the molecule is C=[C-]/C(=C\C=C)C(C=C)=NC(=C)Cc1cccc(C(=[C-]C=C)C=C)n1.[Pt+2]. The van der Waals surface area contributed by atoms with Gasteiger partial charge in [0.1, 0.15) is 0 Å². The van der Waals surface area contributed by atoms with E-state index in [1.807, 2.05) is 18.2 Å². The average molecular weight is 522 g/mol. The third-order valence-corrected chi connectivity index (χ3v) is 3.15. The molecule has 0 amide bonds. The van der Waals surface area contributed by atoms with Crippen molar-refractivity contribution in [1.29, 1.82) is 0 Å². The third kappa shape index (κ3) is 7.12. The summed E-state index contributed by atoms with van der Waals surface area (Å²) >= 11 is 0. The second-order valence-electron chi connectivity index (χ2n) is 4.92. The second kappa shape index (κ2) is 12.7. The molecular formula is C23H22N2Pt. The fraction of sp³-hybridized carbons (Fsp3) is 0.0435. The first-order valence-corrected chi connectivity index (χ1v) is 7.67. The zero-order valence-electron chi connectivity index (χ0n) is 14.8. The summed E-state index contributed by atoms with van der Waals surface area (Å²) < 4.78 is 0. The Labute approximate surface area is 171 Å². The van der Waals surface area contributed by atoms with E-state index in [1.165, 1.54) is 0 Å². The molecule has 2 nitrogen and oxygen atoms in total. The number of hydrogen-bond donors (Lipinski definition) is 0. The first-order chi connectivity index (χ1) is 12.1. The topological polar surface area (TPSA) is 25.2 Å². The van der Waals surface area contributed by atoms with Crippen LogP contribution in [0.25, 0.3) is 5.57 Å². The Balaban J connectivity index is 0.00000625. The molecule has 26 heavy (non-hydrogen) atoms. The summed E-state index contributed by atoms with van der Waals surface area (Å²) in [7, 11) is 0. The molecule has 0 saturated heterocycles. The van der Waals surface area contributed by atoms with Gasteiger partial charge in [-0.3, -0.25) is 0 Å². The van der Waals surface area contributed by atoms with Crippen molar-refractivity contribution >= 4 is 11.3 Å². The van der Waals surface area contributed by atoms with Gasteiger partial charge in [0.2, 0.25) is 0 Å². The Morgan fingerprint density at radius 1 is 1.15 bits per heavy atom. The molecule has 0 fully saturated rings. The van der Waals surface area contributed by atoms with Crippen LogP contribution in [-0.2, 0) is 27.5 Å². The summed E-state index contributed by atoms with van der Waals surface area (Å²) in [6, 6.07) is 5.75. The smallest absolute Gasteiger partial charge is 0.317 e. The van der Waals surface area contributed by atoms with Gasteiger partial charge in [-0.25, -0.2) is 0 Å². The Morgan fingerprint density at radius 3 is 2.42 bits per heavy atom. The van der Waals surface area contributed by atoms with Crippen molar-refractivity contribution in [2.24, 2.45) is 4.99 Å². The average Bonchev–Trinajstić information content (AvgIpc) is 2.62. The molecule has 0 atom stereocenters. The Bertz CT molecular complexity index is 792. The second-order valence-corrected chi connectivity index (χ2v) is 4.92. The molecule has 0 bridgehead atoms. The summed E-state index contributed by atoms with van der Waals surface area (Å²) in [5.41, 5.74) is 4.42. The molecule has 0 saturated carbocycles. The van der Waals surface area contributed by atoms with E-state index in [9.17, 15) is 0 Å². The predicted octanol–water partition coefficient (Wildman–Crippen LogP) is 5.42. The molecule has 3 heteroatoms. The van der Waals surface area contributed by atoms with Crippen molar-refractivity contribution in [2.45, 2.75) is 6.42 Å². The minimum Gasteiger partial charge on any atom is -0.317 e. The number of aliphatic imine (C=N–C) groups is 1. The molecule has 0 aromatic carbocycles. The van der Waals surface area contributed by atoms with Crippen LogP contribution in [0.1, 0.15) is 11.4 Å². The molecule has 1 aromatic heterocycles. The van der Waals surface area contributed by atoms with Crippen LogP contribution in [0.15, 0.2) is 104 Å².